The van der Waals surface area contributed by atoms with Crippen molar-refractivity contribution in [2.75, 3.05) is 0 Å². The van der Waals surface area contributed by atoms with Crippen molar-refractivity contribution in [2.45, 2.75) is 13.8 Å². The van der Waals surface area contributed by atoms with Gasteiger partial charge < -0.3 is 10.8 Å². The van der Waals surface area contributed by atoms with Crippen LogP contribution < -0.4 is 0 Å². The van der Waals surface area contributed by atoms with Gasteiger partial charge in [-0.3, -0.25) is 4.98 Å². The second-order valence-electron chi connectivity index (χ2n) is 2.95. The number of nitrogens with one attached hydrogen (secondary N) is 2. The Hall–Kier alpha value is -1.77. The maximum atomic E-state index is 7.40. The zero-order valence-corrected chi connectivity index (χ0v) is 8.33. The standard InChI is InChI=1S/C11H13N3/c1-3-9(6-12)11-5-4-10(7-14-11)8(2)13/h3-7,12-13H,1-2H3/b9-3+,12-6?,13-8?. The first-order chi connectivity index (χ1) is 6.69. The van der Waals surface area contributed by atoms with Crippen molar-refractivity contribution >= 4 is 17.5 Å². The quantitative estimate of drug-likeness (QED) is 0.702. The van der Waals surface area contributed by atoms with Crippen LogP contribution in [-0.2, 0) is 0 Å². The van der Waals surface area contributed by atoms with E-state index in [1.807, 2.05) is 25.1 Å². The lowest BCUT2D eigenvalue weighted by Gasteiger charge is -2.01. The van der Waals surface area contributed by atoms with Crippen LogP contribution in [-0.4, -0.2) is 16.9 Å². The number of pyridine rings is 1. The topological polar surface area (TPSA) is 60.6 Å². The minimum absolute atomic E-state index is 0.501. The molecule has 0 spiro atoms. The average molecular weight is 187 g/mol. The molecule has 0 fully saturated rings. The Morgan fingerprint density at radius 3 is 2.50 bits per heavy atom. The molecule has 0 aliphatic rings. The van der Waals surface area contributed by atoms with Crippen molar-refractivity contribution in [2.24, 2.45) is 0 Å². The normalized spacial score (nSPS) is 11.1. The van der Waals surface area contributed by atoms with Crippen molar-refractivity contribution < 1.29 is 0 Å². The fraction of sp³-hybridized carbons (Fsp3) is 0.182. The summed E-state index contributed by atoms with van der Waals surface area (Å²) in [7, 11) is 0. The van der Waals surface area contributed by atoms with Gasteiger partial charge in [0.05, 0.1) is 5.69 Å². The van der Waals surface area contributed by atoms with Crippen LogP contribution in [0.25, 0.3) is 5.57 Å². The predicted molar refractivity (Wildman–Crippen MR) is 59.2 cm³/mol. The summed E-state index contributed by atoms with van der Waals surface area (Å²) >= 11 is 0. The third kappa shape index (κ3) is 2.13. The number of rotatable bonds is 3. The van der Waals surface area contributed by atoms with E-state index in [0.717, 1.165) is 16.8 Å². The maximum Gasteiger partial charge on any atom is 0.0714 e. The minimum atomic E-state index is 0.501. The molecular formula is C11H13N3. The third-order valence-corrected chi connectivity index (χ3v) is 1.96. The molecule has 1 rings (SSSR count). The molecule has 0 aromatic carbocycles. The van der Waals surface area contributed by atoms with Gasteiger partial charge in [0, 0.05) is 29.3 Å². The van der Waals surface area contributed by atoms with Crippen LogP contribution in [0.5, 0.6) is 0 Å². The highest BCUT2D eigenvalue weighted by molar-refractivity contribution is 6.07. The number of hydrogen-bond donors (Lipinski definition) is 2. The summed E-state index contributed by atoms with van der Waals surface area (Å²) in [4.78, 5) is 4.18. The molecule has 0 unspecified atom stereocenters. The van der Waals surface area contributed by atoms with E-state index in [-0.39, 0.29) is 0 Å². The fourth-order valence-corrected chi connectivity index (χ4v) is 1.09. The first-order valence-corrected chi connectivity index (χ1v) is 4.37. The number of nitrogens with zero attached hydrogens (tertiary/aromatic N) is 1. The molecule has 72 valence electrons. The molecule has 14 heavy (non-hydrogen) atoms. The molecule has 0 radical (unpaired) electrons. The molecule has 3 heteroatoms. The molecule has 0 saturated carbocycles. The Bertz CT molecular complexity index is 374. The van der Waals surface area contributed by atoms with Crippen molar-refractivity contribution in [3.05, 3.63) is 35.7 Å². The molecule has 0 amide bonds. The Morgan fingerprint density at radius 1 is 1.43 bits per heavy atom. The van der Waals surface area contributed by atoms with E-state index in [1.165, 1.54) is 6.21 Å². The monoisotopic (exact) mass is 187 g/mol. The average Bonchev–Trinajstić information content (AvgIpc) is 2.20. The highest BCUT2D eigenvalue weighted by Gasteiger charge is 2.00. The molecule has 1 heterocycles. The van der Waals surface area contributed by atoms with Crippen molar-refractivity contribution in [1.29, 1.82) is 10.8 Å². The molecule has 0 saturated heterocycles. The lowest BCUT2D eigenvalue weighted by Crippen LogP contribution is -1.96. The van der Waals surface area contributed by atoms with Gasteiger partial charge >= 0.3 is 0 Å². The Kier molecular flexibility index (Phi) is 3.29. The van der Waals surface area contributed by atoms with E-state index < -0.39 is 0 Å². The van der Waals surface area contributed by atoms with Crippen LogP contribution in [0.2, 0.25) is 0 Å². The van der Waals surface area contributed by atoms with Crippen molar-refractivity contribution in [1.82, 2.24) is 4.98 Å². The Labute approximate surface area is 83.5 Å². The van der Waals surface area contributed by atoms with Crippen LogP contribution in [0.15, 0.2) is 24.4 Å². The molecule has 0 aliphatic carbocycles. The Balaban J connectivity index is 3.05. The van der Waals surface area contributed by atoms with Gasteiger partial charge in [0.15, 0.2) is 0 Å². The second-order valence-corrected chi connectivity index (χ2v) is 2.95. The van der Waals surface area contributed by atoms with Gasteiger partial charge in [-0.15, -0.1) is 0 Å². The Morgan fingerprint density at radius 2 is 2.14 bits per heavy atom. The van der Waals surface area contributed by atoms with E-state index in [0.29, 0.717) is 5.71 Å². The lowest BCUT2D eigenvalue weighted by molar-refractivity contribution is 1.26. The summed E-state index contributed by atoms with van der Waals surface area (Å²) in [6, 6.07) is 3.67. The lowest BCUT2D eigenvalue weighted by atomic mass is 10.1. The largest absolute Gasteiger partial charge is 0.308 e. The van der Waals surface area contributed by atoms with Crippen LogP contribution in [0, 0.1) is 10.8 Å². The highest BCUT2D eigenvalue weighted by atomic mass is 14.7. The van der Waals surface area contributed by atoms with Gasteiger partial charge in [-0.2, -0.15) is 0 Å². The zero-order chi connectivity index (χ0) is 10.6. The molecule has 3 nitrogen and oxygen atoms in total. The summed E-state index contributed by atoms with van der Waals surface area (Å²) in [6.45, 7) is 3.60. The number of allylic oxidation sites excluding steroid dienone is 2. The molecule has 0 atom stereocenters. The van der Waals surface area contributed by atoms with Gasteiger partial charge in [-0.1, -0.05) is 6.08 Å². The molecular weight excluding hydrogens is 174 g/mol. The van der Waals surface area contributed by atoms with E-state index in [4.69, 9.17) is 10.8 Å². The van der Waals surface area contributed by atoms with Gasteiger partial charge in [-0.05, 0) is 26.0 Å². The van der Waals surface area contributed by atoms with Crippen LogP contribution >= 0.6 is 0 Å². The summed E-state index contributed by atoms with van der Waals surface area (Å²) in [5.41, 5.74) is 2.88. The maximum absolute atomic E-state index is 7.40. The number of aromatic nitrogens is 1. The van der Waals surface area contributed by atoms with Gasteiger partial charge in [0.25, 0.3) is 0 Å². The molecule has 0 bridgehead atoms. The number of hydrogen-bond acceptors (Lipinski definition) is 3. The van der Waals surface area contributed by atoms with Crippen molar-refractivity contribution in [3.63, 3.8) is 0 Å². The molecule has 1 aromatic heterocycles. The van der Waals surface area contributed by atoms with E-state index >= 15 is 0 Å². The molecule has 1 aromatic rings. The zero-order valence-electron chi connectivity index (χ0n) is 8.33. The summed E-state index contributed by atoms with van der Waals surface area (Å²) in [5, 5.41) is 14.6. The fourth-order valence-electron chi connectivity index (χ4n) is 1.09. The summed E-state index contributed by atoms with van der Waals surface area (Å²) in [6.07, 6.45) is 4.77. The van der Waals surface area contributed by atoms with Gasteiger partial charge in [-0.25, -0.2) is 0 Å². The van der Waals surface area contributed by atoms with Crippen molar-refractivity contribution in [3.8, 4) is 0 Å². The van der Waals surface area contributed by atoms with Gasteiger partial charge in [0.1, 0.15) is 0 Å². The summed E-state index contributed by atoms with van der Waals surface area (Å²) in [5.74, 6) is 0. The van der Waals surface area contributed by atoms with Gasteiger partial charge in [0.2, 0.25) is 0 Å². The SMILES string of the molecule is C/C=C(\C=N)c1ccc(C(C)=N)cn1. The summed E-state index contributed by atoms with van der Waals surface area (Å²) < 4.78 is 0. The molecule has 2 N–H and O–H groups in total. The molecule has 0 aliphatic heterocycles. The van der Waals surface area contributed by atoms with E-state index in [9.17, 15) is 0 Å². The third-order valence-electron chi connectivity index (χ3n) is 1.96. The minimum Gasteiger partial charge on any atom is -0.308 e. The van der Waals surface area contributed by atoms with E-state index in [2.05, 4.69) is 4.98 Å². The first-order valence-electron chi connectivity index (χ1n) is 4.37. The van der Waals surface area contributed by atoms with Crippen LogP contribution in [0.3, 0.4) is 0 Å². The predicted octanol–water partition coefficient (Wildman–Crippen LogP) is 2.52. The smallest absolute Gasteiger partial charge is 0.0714 e. The first kappa shape index (κ1) is 10.3. The second kappa shape index (κ2) is 4.46. The van der Waals surface area contributed by atoms with Crippen LogP contribution in [0.1, 0.15) is 25.1 Å². The van der Waals surface area contributed by atoms with Crippen LogP contribution in [0.4, 0.5) is 0 Å². The van der Waals surface area contributed by atoms with E-state index in [1.54, 1.807) is 13.1 Å². The highest BCUT2D eigenvalue weighted by Crippen LogP contribution is 2.09.